The van der Waals surface area contributed by atoms with Gasteiger partial charge in [-0.2, -0.15) is 5.26 Å². The van der Waals surface area contributed by atoms with Crippen LogP contribution in [0.4, 0.5) is 5.69 Å². The van der Waals surface area contributed by atoms with Gasteiger partial charge in [-0.25, -0.2) is 8.42 Å². The number of carbonyl (C=O) groups excluding carboxylic acids is 1. The maximum absolute atomic E-state index is 12.5. The Morgan fingerprint density at radius 2 is 1.84 bits per heavy atom. The summed E-state index contributed by atoms with van der Waals surface area (Å²) in [5.74, 6) is -0.115. The van der Waals surface area contributed by atoms with Gasteiger partial charge in [-0.1, -0.05) is 0 Å². The topological polar surface area (TPSA) is 90.3 Å². The Hall–Kier alpha value is -2.37. The zero-order valence-corrected chi connectivity index (χ0v) is 15.1. The molecule has 8 heteroatoms. The highest BCUT2D eigenvalue weighted by atomic mass is 32.2. The highest BCUT2D eigenvalue weighted by molar-refractivity contribution is 7.94. The standard InChI is InChI=1S/C17H17N3O3S2/c18-11-13-4-6-15(7-5-13)19-25(22,23)16-10-14(12-24-16)17(21)20-8-2-1-3-9-20/h4-7,10,12,19H,1-3,8-9H2. The Balaban J connectivity index is 1.75. The average molecular weight is 375 g/mol. The molecule has 3 rings (SSSR count). The smallest absolute Gasteiger partial charge is 0.271 e. The lowest BCUT2D eigenvalue weighted by Crippen LogP contribution is -2.35. The van der Waals surface area contributed by atoms with Crippen LogP contribution in [0.1, 0.15) is 35.2 Å². The number of hydrogen-bond acceptors (Lipinski definition) is 5. The van der Waals surface area contributed by atoms with Crippen molar-refractivity contribution in [3.05, 3.63) is 46.8 Å². The third-order valence-electron chi connectivity index (χ3n) is 4.00. The lowest BCUT2D eigenvalue weighted by molar-refractivity contribution is 0.0725. The van der Waals surface area contributed by atoms with Crippen LogP contribution in [0.3, 0.4) is 0 Å². The second-order valence-electron chi connectivity index (χ2n) is 5.80. The fourth-order valence-corrected chi connectivity index (χ4v) is 4.88. The van der Waals surface area contributed by atoms with Crippen LogP contribution in [-0.2, 0) is 10.0 Å². The Bertz CT molecular complexity index is 905. The second kappa shape index (κ2) is 7.25. The van der Waals surface area contributed by atoms with Gasteiger partial charge in [0.05, 0.1) is 17.2 Å². The predicted molar refractivity (Wildman–Crippen MR) is 96.0 cm³/mol. The quantitative estimate of drug-likeness (QED) is 0.889. The number of nitriles is 1. The Morgan fingerprint density at radius 3 is 2.48 bits per heavy atom. The fourth-order valence-electron chi connectivity index (χ4n) is 2.67. The van der Waals surface area contributed by atoms with E-state index in [1.807, 2.05) is 6.07 Å². The molecule has 0 spiro atoms. The van der Waals surface area contributed by atoms with Gasteiger partial charge in [0.15, 0.2) is 0 Å². The largest absolute Gasteiger partial charge is 0.339 e. The van der Waals surface area contributed by atoms with Gasteiger partial charge < -0.3 is 4.90 Å². The highest BCUT2D eigenvalue weighted by Crippen LogP contribution is 2.25. The van der Waals surface area contributed by atoms with Gasteiger partial charge in [-0.15, -0.1) is 11.3 Å². The number of likely N-dealkylation sites (tertiary alicyclic amines) is 1. The van der Waals surface area contributed by atoms with Crippen LogP contribution in [0.5, 0.6) is 0 Å². The fraction of sp³-hybridized carbons (Fsp3) is 0.294. The molecule has 0 saturated carbocycles. The molecule has 2 heterocycles. The molecule has 1 fully saturated rings. The molecule has 1 aromatic carbocycles. The van der Waals surface area contributed by atoms with Crippen LogP contribution in [0, 0.1) is 11.3 Å². The van der Waals surface area contributed by atoms with Gasteiger partial charge in [-0.05, 0) is 49.6 Å². The van der Waals surface area contributed by atoms with E-state index < -0.39 is 10.0 Å². The Morgan fingerprint density at radius 1 is 1.16 bits per heavy atom. The number of nitrogens with zero attached hydrogens (tertiary/aromatic N) is 2. The summed E-state index contributed by atoms with van der Waals surface area (Å²) in [6, 6.07) is 9.54. The van der Waals surface area contributed by atoms with Crippen molar-refractivity contribution in [2.75, 3.05) is 17.8 Å². The summed E-state index contributed by atoms with van der Waals surface area (Å²) in [7, 11) is -3.76. The molecule has 1 amide bonds. The molecular weight excluding hydrogens is 358 g/mol. The minimum atomic E-state index is -3.76. The van der Waals surface area contributed by atoms with Crippen molar-refractivity contribution in [2.45, 2.75) is 23.5 Å². The van der Waals surface area contributed by atoms with Crippen LogP contribution in [0.25, 0.3) is 0 Å². The van der Waals surface area contributed by atoms with Crippen LogP contribution in [-0.4, -0.2) is 32.3 Å². The first kappa shape index (κ1) is 17.5. The number of piperidine rings is 1. The number of nitrogens with one attached hydrogen (secondary N) is 1. The molecule has 130 valence electrons. The third-order valence-corrected chi connectivity index (χ3v) is 6.82. The van der Waals surface area contributed by atoms with Crippen LogP contribution >= 0.6 is 11.3 Å². The van der Waals surface area contributed by atoms with Gasteiger partial charge in [0, 0.05) is 24.2 Å². The summed E-state index contributed by atoms with van der Waals surface area (Å²) in [6.07, 6.45) is 3.10. The summed E-state index contributed by atoms with van der Waals surface area (Å²) in [6.45, 7) is 1.44. The number of anilines is 1. The van der Waals surface area contributed by atoms with Gasteiger partial charge in [0.2, 0.25) is 0 Å². The average Bonchev–Trinajstić information content (AvgIpc) is 3.13. The number of hydrogen-bond donors (Lipinski definition) is 1. The number of rotatable bonds is 4. The highest BCUT2D eigenvalue weighted by Gasteiger charge is 2.23. The molecule has 1 aliphatic rings. The van der Waals surface area contributed by atoms with E-state index in [4.69, 9.17) is 5.26 Å². The van der Waals surface area contributed by atoms with E-state index in [-0.39, 0.29) is 10.1 Å². The van der Waals surface area contributed by atoms with Crippen molar-refractivity contribution < 1.29 is 13.2 Å². The molecule has 1 saturated heterocycles. The van der Waals surface area contributed by atoms with E-state index in [1.165, 1.54) is 30.3 Å². The molecule has 6 nitrogen and oxygen atoms in total. The molecule has 25 heavy (non-hydrogen) atoms. The van der Waals surface area contributed by atoms with Gasteiger partial charge in [0.1, 0.15) is 4.21 Å². The molecule has 0 aliphatic carbocycles. The van der Waals surface area contributed by atoms with Crippen molar-refractivity contribution in [1.82, 2.24) is 4.90 Å². The lowest BCUT2D eigenvalue weighted by Gasteiger charge is -2.26. The minimum absolute atomic E-state index is 0.0946. The normalized spacial score (nSPS) is 14.8. The molecular formula is C17H17N3O3S2. The first-order valence-electron chi connectivity index (χ1n) is 7.90. The summed E-state index contributed by atoms with van der Waals surface area (Å²) in [5.41, 5.74) is 1.23. The monoisotopic (exact) mass is 375 g/mol. The van der Waals surface area contributed by atoms with E-state index in [2.05, 4.69) is 4.72 Å². The molecule has 1 aromatic heterocycles. The zero-order valence-electron chi connectivity index (χ0n) is 13.4. The molecule has 1 aliphatic heterocycles. The first-order chi connectivity index (χ1) is 12.0. The van der Waals surface area contributed by atoms with E-state index in [9.17, 15) is 13.2 Å². The van der Waals surface area contributed by atoms with Crippen molar-refractivity contribution in [3.63, 3.8) is 0 Å². The Labute approximate surface area is 150 Å². The molecule has 2 aromatic rings. The summed E-state index contributed by atoms with van der Waals surface area (Å²) < 4.78 is 27.5. The number of thiophene rings is 1. The first-order valence-corrected chi connectivity index (χ1v) is 10.3. The van der Waals surface area contributed by atoms with Gasteiger partial charge in [-0.3, -0.25) is 9.52 Å². The summed E-state index contributed by atoms with van der Waals surface area (Å²) in [5, 5.41) is 10.4. The number of sulfonamides is 1. The number of benzene rings is 1. The van der Waals surface area contributed by atoms with E-state index in [0.29, 0.717) is 16.8 Å². The van der Waals surface area contributed by atoms with Crippen molar-refractivity contribution >= 4 is 33.0 Å². The molecule has 0 bridgehead atoms. The second-order valence-corrected chi connectivity index (χ2v) is 8.62. The number of amides is 1. The zero-order chi connectivity index (χ0) is 17.9. The maximum Gasteiger partial charge on any atom is 0.271 e. The minimum Gasteiger partial charge on any atom is -0.339 e. The van der Waals surface area contributed by atoms with Crippen molar-refractivity contribution in [2.24, 2.45) is 0 Å². The SMILES string of the molecule is N#Cc1ccc(NS(=O)(=O)c2cc(C(=O)N3CCCCC3)cs2)cc1. The molecule has 0 unspecified atom stereocenters. The lowest BCUT2D eigenvalue weighted by atomic mass is 10.1. The van der Waals surface area contributed by atoms with Crippen molar-refractivity contribution in [1.29, 1.82) is 5.26 Å². The molecule has 0 atom stereocenters. The van der Waals surface area contributed by atoms with E-state index in [0.717, 1.165) is 43.7 Å². The van der Waals surface area contributed by atoms with Crippen LogP contribution in [0.2, 0.25) is 0 Å². The van der Waals surface area contributed by atoms with Crippen LogP contribution < -0.4 is 4.72 Å². The van der Waals surface area contributed by atoms with E-state index >= 15 is 0 Å². The summed E-state index contributed by atoms with van der Waals surface area (Å²) >= 11 is 1.03. The van der Waals surface area contributed by atoms with Gasteiger partial charge >= 0.3 is 0 Å². The van der Waals surface area contributed by atoms with Crippen molar-refractivity contribution in [3.8, 4) is 6.07 Å². The van der Waals surface area contributed by atoms with Gasteiger partial charge in [0.25, 0.3) is 15.9 Å². The molecule has 1 N–H and O–H groups in total. The Kier molecular flexibility index (Phi) is 5.06. The predicted octanol–water partition coefficient (Wildman–Crippen LogP) is 3.05. The van der Waals surface area contributed by atoms with Crippen LogP contribution in [0.15, 0.2) is 39.9 Å². The summed E-state index contributed by atoms with van der Waals surface area (Å²) in [4.78, 5) is 14.2. The number of carbonyl (C=O) groups is 1. The maximum atomic E-state index is 12.5. The third kappa shape index (κ3) is 4.00. The molecule has 0 radical (unpaired) electrons. The van der Waals surface area contributed by atoms with E-state index in [1.54, 1.807) is 10.3 Å².